The number of carbonyl (C=O) groups is 2. The van der Waals surface area contributed by atoms with Crippen LogP contribution in [0.15, 0.2) is 60.7 Å². The van der Waals surface area contributed by atoms with Crippen LogP contribution in [0.25, 0.3) is 0 Å². The number of aliphatic carboxylic acids is 2. The number of aromatic nitrogens is 3. The second-order valence-electron chi connectivity index (χ2n) is 5.78. The maximum Gasteiger partial charge on any atom is 0.322 e. The Kier molecular flexibility index (Phi) is 6.15. The SMILES string of the molecule is O=C(O)CNc1nc(NCC(=O)O)nc(N(c2ccccc2)c2ccccc2)n1. The van der Waals surface area contributed by atoms with Gasteiger partial charge >= 0.3 is 11.9 Å². The molecule has 2 aromatic carbocycles. The van der Waals surface area contributed by atoms with E-state index in [2.05, 4.69) is 25.6 Å². The van der Waals surface area contributed by atoms with Crippen LogP contribution >= 0.6 is 0 Å². The molecule has 0 saturated heterocycles. The highest BCUT2D eigenvalue weighted by Gasteiger charge is 2.18. The summed E-state index contributed by atoms with van der Waals surface area (Å²) in [6, 6.07) is 18.7. The molecule has 0 spiro atoms. The fourth-order valence-electron chi connectivity index (χ4n) is 2.47. The highest BCUT2D eigenvalue weighted by atomic mass is 16.4. The van der Waals surface area contributed by atoms with Gasteiger partial charge in [-0.15, -0.1) is 0 Å². The van der Waals surface area contributed by atoms with E-state index in [9.17, 15) is 9.59 Å². The smallest absolute Gasteiger partial charge is 0.322 e. The zero-order chi connectivity index (χ0) is 20.6. The van der Waals surface area contributed by atoms with Crippen molar-refractivity contribution in [1.82, 2.24) is 15.0 Å². The van der Waals surface area contributed by atoms with Gasteiger partial charge in [-0.05, 0) is 24.3 Å². The van der Waals surface area contributed by atoms with Gasteiger partial charge in [0.1, 0.15) is 13.1 Å². The molecule has 4 N–H and O–H groups in total. The summed E-state index contributed by atoms with van der Waals surface area (Å²) in [5.74, 6) is -1.98. The van der Waals surface area contributed by atoms with Crippen LogP contribution in [0.1, 0.15) is 0 Å². The quantitative estimate of drug-likeness (QED) is 0.427. The van der Waals surface area contributed by atoms with Crippen LogP contribution in [-0.2, 0) is 9.59 Å². The zero-order valence-electron chi connectivity index (χ0n) is 15.2. The zero-order valence-corrected chi connectivity index (χ0v) is 15.2. The molecule has 0 radical (unpaired) electrons. The number of hydrogen-bond donors (Lipinski definition) is 4. The molecule has 0 aliphatic carbocycles. The summed E-state index contributed by atoms with van der Waals surface area (Å²) in [6.45, 7) is -0.809. The van der Waals surface area contributed by atoms with Crippen molar-refractivity contribution < 1.29 is 19.8 Å². The van der Waals surface area contributed by atoms with Gasteiger partial charge in [0.05, 0.1) is 0 Å². The summed E-state index contributed by atoms with van der Waals surface area (Å²) in [6.07, 6.45) is 0. The van der Waals surface area contributed by atoms with Crippen LogP contribution in [0.3, 0.4) is 0 Å². The third-order valence-electron chi connectivity index (χ3n) is 3.65. The van der Waals surface area contributed by atoms with E-state index in [1.807, 2.05) is 60.7 Å². The second-order valence-corrected chi connectivity index (χ2v) is 5.78. The van der Waals surface area contributed by atoms with Crippen molar-refractivity contribution in [2.24, 2.45) is 0 Å². The normalized spacial score (nSPS) is 10.2. The molecule has 0 aliphatic rings. The standard InChI is InChI=1S/C19H18N6O4/c26-15(27)11-20-17-22-18(21-12-16(28)29)24-19(23-17)25(13-7-3-1-4-8-13)14-9-5-2-6-10-14/h1-10H,11-12H2,(H,26,27)(H,28,29)(H2,20,21,22,23,24). The third-order valence-corrected chi connectivity index (χ3v) is 3.65. The van der Waals surface area contributed by atoms with Crippen molar-refractivity contribution in [1.29, 1.82) is 0 Å². The lowest BCUT2D eigenvalue weighted by Crippen LogP contribution is -2.21. The molecule has 1 aromatic heterocycles. The Labute approximate surface area is 165 Å². The van der Waals surface area contributed by atoms with E-state index < -0.39 is 25.0 Å². The first-order valence-corrected chi connectivity index (χ1v) is 8.60. The molecule has 0 amide bonds. The van der Waals surface area contributed by atoms with Crippen molar-refractivity contribution in [3.63, 3.8) is 0 Å². The van der Waals surface area contributed by atoms with Gasteiger partial charge in [-0.25, -0.2) is 0 Å². The first-order chi connectivity index (χ1) is 14.0. The third kappa shape index (κ3) is 5.39. The van der Waals surface area contributed by atoms with Crippen molar-refractivity contribution in [3.05, 3.63) is 60.7 Å². The largest absolute Gasteiger partial charge is 0.480 e. The Hall–Kier alpha value is -4.21. The molecule has 29 heavy (non-hydrogen) atoms. The van der Waals surface area contributed by atoms with Crippen LogP contribution in [0.4, 0.5) is 29.2 Å². The van der Waals surface area contributed by atoms with E-state index in [-0.39, 0.29) is 17.8 Å². The van der Waals surface area contributed by atoms with Crippen LogP contribution in [-0.4, -0.2) is 50.2 Å². The van der Waals surface area contributed by atoms with E-state index >= 15 is 0 Å². The molecular formula is C19H18N6O4. The van der Waals surface area contributed by atoms with Crippen LogP contribution in [0.5, 0.6) is 0 Å². The van der Waals surface area contributed by atoms with Crippen molar-refractivity contribution in [2.45, 2.75) is 0 Å². The number of nitrogens with one attached hydrogen (secondary N) is 2. The van der Waals surface area contributed by atoms with Crippen LogP contribution in [0.2, 0.25) is 0 Å². The number of benzene rings is 2. The molecule has 10 nitrogen and oxygen atoms in total. The van der Waals surface area contributed by atoms with Gasteiger partial charge in [-0.3, -0.25) is 14.5 Å². The summed E-state index contributed by atoms with van der Waals surface area (Å²) in [5, 5.41) is 23.0. The predicted octanol–water partition coefficient (Wildman–Crippen LogP) is 2.33. The minimum atomic E-state index is -1.09. The first-order valence-electron chi connectivity index (χ1n) is 8.60. The highest BCUT2D eigenvalue weighted by molar-refractivity contribution is 5.75. The number of carboxylic acid groups (broad SMARTS) is 2. The van der Waals surface area contributed by atoms with Gasteiger partial charge in [0.2, 0.25) is 17.8 Å². The molecule has 0 bridgehead atoms. The monoisotopic (exact) mass is 394 g/mol. The molecule has 0 saturated carbocycles. The number of para-hydroxylation sites is 2. The Bertz CT molecular complexity index is 909. The van der Waals surface area contributed by atoms with E-state index in [0.29, 0.717) is 0 Å². The summed E-state index contributed by atoms with van der Waals surface area (Å²) < 4.78 is 0. The molecule has 0 atom stereocenters. The highest BCUT2D eigenvalue weighted by Crippen LogP contribution is 2.32. The van der Waals surface area contributed by atoms with Crippen LogP contribution < -0.4 is 15.5 Å². The fourth-order valence-corrected chi connectivity index (χ4v) is 2.47. The van der Waals surface area contributed by atoms with Gasteiger partial charge in [0.15, 0.2) is 0 Å². The maximum absolute atomic E-state index is 10.9. The molecule has 3 rings (SSSR count). The van der Waals surface area contributed by atoms with Crippen molar-refractivity contribution in [2.75, 3.05) is 28.6 Å². The number of rotatable bonds is 9. The number of hydrogen-bond acceptors (Lipinski definition) is 8. The molecule has 148 valence electrons. The van der Waals surface area contributed by atoms with E-state index in [4.69, 9.17) is 10.2 Å². The number of anilines is 5. The van der Waals surface area contributed by atoms with Gasteiger partial charge < -0.3 is 20.8 Å². The summed E-state index contributed by atoms with van der Waals surface area (Å²) >= 11 is 0. The van der Waals surface area contributed by atoms with Crippen molar-refractivity contribution >= 4 is 41.2 Å². The van der Waals surface area contributed by atoms with Crippen molar-refractivity contribution in [3.8, 4) is 0 Å². The molecule has 3 aromatic rings. The average molecular weight is 394 g/mol. The fraction of sp³-hybridized carbons (Fsp3) is 0.105. The van der Waals surface area contributed by atoms with E-state index in [0.717, 1.165) is 11.4 Å². The minimum absolute atomic E-state index is 0.00199. The summed E-state index contributed by atoms with van der Waals surface area (Å²) in [4.78, 5) is 36.2. The topological polar surface area (TPSA) is 141 Å². The minimum Gasteiger partial charge on any atom is -0.480 e. The van der Waals surface area contributed by atoms with E-state index in [1.165, 1.54) is 0 Å². The lowest BCUT2D eigenvalue weighted by Gasteiger charge is -2.23. The molecule has 0 aliphatic heterocycles. The van der Waals surface area contributed by atoms with Gasteiger partial charge in [-0.1, -0.05) is 36.4 Å². The van der Waals surface area contributed by atoms with Gasteiger partial charge in [0.25, 0.3) is 0 Å². The summed E-state index contributed by atoms with van der Waals surface area (Å²) in [5.41, 5.74) is 1.52. The lowest BCUT2D eigenvalue weighted by atomic mass is 10.2. The molecule has 0 unspecified atom stereocenters. The molecule has 0 fully saturated rings. The Morgan fingerprint density at radius 2 is 1.14 bits per heavy atom. The van der Waals surface area contributed by atoms with Crippen LogP contribution in [0, 0.1) is 0 Å². The Morgan fingerprint density at radius 3 is 1.52 bits per heavy atom. The predicted molar refractivity (Wildman–Crippen MR) is 107 cm³/mol. The molecule has 10 heteroatoms. The summed E-state index contributed by atoms with van der Waals surface area (Å²) in [7, 11) is 0. The maximum atomic E-state index is 10.9. The first kappa shape index (κ1) is 19.5. The molecule has 1 heterocycles. The second kappa shape index (κ2) is 9.13. The Morgan fingerprint density at radius 1 is 0.724 bits per heavy atom. The van der Waals surface area contributed by atoms with Gasteiger partial charge in [0, 0.05) is 11.4 Å². The lowest BCUT2D eigenvalue weighted by molar-refractivity contribution is -0.135. The average Bonchev–Trinajstić information content (AvgIpc) is 2.72. The van der Waals surface area contributed by atoms with Gasteiger partial charge in [-0.2, -0.15) is 15.0 Å². The number of nitrogens with zero attached hydrogens (tertiary/aromatic N) is 4. The Balaban J connectivity index is 2.07. The van der Waals surface area contributed by atoms with E-state index in [1.54, 1.807) is 4.90 Å². The molecular weight excluding hydrogens is 376 g/mol. The number of carboxylic acids is 2.